The van der Waals surface area contributed by atoms with E-state index in [1.165, 1.54) is 55.5 Å². The average Bonchev–Trinajstić information content (AvgIpc) is 3.28. The zero-order valence-electron chi connectivity index (χ0n) is 17.4. The summed E-state index contributed by atoms with van der Waals surface area (Å²) in [5.74, 6) is 0. The fourth-order valence-corrected chi connectivity index (χ4v) is 4.97. The van der Waals surface area contributed by atoms with E-state index in [0.29, 0.717) is 0 Å². The average molecular weight is 417 g/mol. The maximum atomic E-state index is 4.68. The molecule has 2 nitrogen and oxygen atoms in total. The standard InChI is InChI=1S/C28H20N2S/c1-17-3-5-21-15-23(9-7-19(21)13-17)25-11-12-26(28-27(25)29-31-30-28)24-10-8-20-14-18(2)4-6-22(20)16-24/h3-16H,1-2H3. The molecular formula is C28H20N2S. The minimum absolute atomic E-state index is 0.970. The summed E-state index contributed by atoms with van der Waals surface area (Å²) in [6, 6.07) is 30.8. The van der Waals surface area contributed by atoms with Gasteiger partial charge in [-0.3, -0.25) is 0 Å². The number of hydrogen-bond donors (Lipinski definition) is 0. The van der Waals surface area contributed by atoms with E-state index in [1.807, 2.05) is 0 Å². The van der Waals surface area contributed by atoms with Gasteiger partial charge in [-0.1, -0.05) is 83.9 Å². The Morgan fingerprint density at radius 3 is 1.39 bits per heavy atom. The number of hydrogen-bond acceptors (Lipinski definition) is 3. The van der Waals surface area contributed by atoms with Crippen molar-refractivity contribution in [3.05, 3.63) is 96.1 Å². The molecule has 148 valence electrons. The van der Waals surface area contributed by atoms with E-state index in [1.54, 1.807) is 0 Å². The molecule has 0 spiro atoms. The Labute approximate surface area is 185 Å². The molecule has 5 aromatic carbocycles. The summed E-state index contributed by atoms with van der Waals surface area (Å²) in [7, 11) is 0. The highest BCUT2D eigenvalue weighted by atomic mass is 32.1. The Morgan fingerprint density at radius 2 is 0.903 bits per heavy atom. The van der Waals surface area contributed by atoms with Gasteiger partial charge in [-0.25, -0.2) is 0 Å². The first-order chi connectivity index (χ1) is 15.2. The third kappa shape index (κ3) is 3.09. The summed E-state index contributed by atoms with van der Waals surface area (Å²) >= 11 is 1.28. The quantitative estimate of drug-likeness (QED) is 0.286. The van der Waals surface area contributed by atoms with E-state index < -0.39 is 0 Å². The molecule has 0 aliphatic rings. The van der Waals surface area contributed by atoms with Crippen molar-refractivity contribution in [2.75, 3.05) is 0 Å². The van der Waals surface area contributed by atoms with Gasteiger partial charge < -0.3 is 0 Å². The second-order valence-electron chi connectivity index (χ2n) is 8.25. The third-order valence-electron chi connectivity index (χ3n) is 6.03. The normalized spacial score (nSPS) is 11.5. The molecule has 0 N–H and O–H groups in total. The lowest BCUT2D eigenvalue weighted by Gasteiger charge is -2.09. The lowest BCUT2D eigenvalue weighted by atomic mass is 9.95. The van der Waals surface area contributed by atoms with Crippen LogP contribution in [-0.2, 0) is 0 Å². The van der Waals surface area contributed by atoms with Crippen LogP contribution in [0, 0.1) is 13.8 Å². The molecule has 0 saturated heterocycles. The van der Waals surface area contributed by atoms with Crippen LogP contribution in [0.15, 0.2) is 84.9 Å². The maximum Gasteiger partial charge on any atom is 0.113 e. The molecular weight excluding hydrogens is 396 g/mol. The summed E-state index contributed by atoms with van der Waals surface area (Å²) in [6.07, 6.45) is 0. The minimum atomic E-state index is 0.970. The fourth-order valence-electron chi connectivity index (χ4n) is 4.40. The monoisotopic (exact) mass is 416 g/mol. The van der Waals surface area contributed by atoms with Crippen LogP contribution < -0.4 is 0 Å². The molecule has 0 saturated carbocycles. The van der Waals surface area contributed by atoms with E-state index in [9.17, 15) is 0 Å². The molecule has 0 unspecified atom stereocenters. The third-order valence-corrected chi connectivity index (χ3v) is 6.56. The maximum absolute atomic E-state index is 4.68. The number of rotatable bonds is 2. The molecule has 31 heavy (non-hydrogen) atoms. The van der Waals surface area contributed by atoms with Crippen LogP contribution in [0.4, 0.5) is 0 Å². The predicted molar refractivity (Wildman–Crippen MR) is 133 cm³/mol. The Balaban J connectivity index is 1.51. The highest BCUT2D eigenvalue weighted by Gasteiger charge is 2.14. The second kappa shape index (κ2) is 7.00. The molecule has 0 aliphatic carbocycles. The molecule has 0 amide bonds. The first-order valence-corrected chi connectivity index (χ1v) is 11.2. The molecule has 1 heterocycles. The van der Waals surface area contributed by atoms with Crippen LogP contribution in [0.5, 0.6) is 0 Å². The number of nitrogens with zero attached hydrogens (tertiary/aromatic N) is 2. The van der Waals surface area contributed by atoms with Crippen molar-refractivity contribution in [1.29, 1.82) is 0 Å². The van der Waals surface area contributed by atoms with E-state index in [0.717, 1.165) is 22.2 Å². The smallest absolute Gasteiger partial charge is 0.113 e. The lowest BCUT2D eigenvalue weighted by molar-refractivity contribution is 1.50. The van der Waals surface area contributed by atoms with Crippen LogP contribution in [0.25, 0.3) is 54.8 Å². The summed E-state index contributed by atoms with van der Waals surface area (Å²) in [6.45, 7) is 4.26. The molecule has 0 radical (unpaired) electrons. The summed E-state index contributed by atoms with van der Waals surface area (Å²) in [4.78, 5) is 0. The number of aromatic nitrogens is 2. The van der Waals surface area contributed by atoms with Crippen LogP contribution >= 0.6 is 11.7 Å². The summed E-state index contributed by atoms with van der Waals surface area (Å²) < 4.78 is 9.36. The zero-order valence-corrected chi connectivity index (χ0v) is 18.2. The highest BCUT2D eigenvalue weighted by Crippen LogP contribution is 2.36. The topological polar surface area (TPSA) is 25.8 Å². The van der Waals surface area contributed by atoms with Gasteiger partial charge in [0.15, 0.2) is 0 Å². The van der Waals surface area contributed by atoms with E-state index in [-0.39, 0.29) is 0 Å². The minimum Gasteiger partial charge on any atom is -0.172 e. The van der Waals surface area contributed by atoms with E-state index in [4.69, 9.17) is 0 Å². The van der Waals surface area contributed by atoms with Crippen LogP contribution in [0.1, 0.15) is 11.1 Å². The summed E-state index contributed by atoms with van der Waals surface area (Å²) in [5, 5.41) is 5.01. The zero-order chi connectivity index (χ0) is 20.9. The second-order valence-corrected chi connectivity index (χ2v) is 8.78. The Morgan fingerprint density at radius 1 is 0.484 bits per heavy atom. The van der Waals surface area contributed by atoms with E-state index in [2.05, 4.69) is 108 Å². The van der Waals surface area contributed by atoms with Crippen molar-refractivity contribution in [2.24, 2.45) is 0 Å². The molecule has 3 heteroatoms. The lowest BCUT2D eigenvalue weighted by Crippen LogP contribution is -1.87. The molecule has 0 bridgehead atoms. The molecule has 0 fully saturated rings. The number of fused-ring (bicyclic) bond motifs is 3. The van der Waals surface area contributed by atoms with Gasteiger partial charge in [-0.2, -0.15) is 8.75 Å². The van der Waals surface area contributed by atoms with Crippen molar-refractivity contribution in [2.45, 2.75) is 13.8 Å². The van der Waals surface area contributed by atoms with Gasteiger partial charge in [0.2, 0.25) is 0 Å². The van der Waals surface area contributed by atoms with Gasteiger partial charge in [0.25, 0.3) is 0 Å². The fraction of sp³-hybridized carbons (Fsp3) is 0.0714. The SMILES string of the molecule is Cc1ccc2cc(-c3ccc(-c4ccc5cc(C)ccc5c4)c4nsnc34)ccc2c1. The van der Waals surface area contributed by atoms with E-state index >= 15 is 0 Å². The van der Waals surface area contributed by atoms with Crippen molar-refractivity contribution in [1.82, 2.24) is 8.75 Å². The van der Waals surface area contributed by atoms with Gasteiger partial charge in [0.05, 0.1) is 11.7 Å². The highest BCUT2D eigenvalue weighted by molar-refractivity contribution is 7.00. The number of benzene rings is 5. The van der Waals surface area contributed by atoms with Gasteiger partial charge in [-0.15, -0.1) is 0 Å². The van der Waals surface area contributed by atoms with Crippen LogP contribution in [-0.4, -0.2) is 8.75 Å². The van der Waals surface area contributed by atoms with Crippen molar-refractivity contribution in [3.8, 4) is 22.3 Å². The van der Waals surface area contributed by atoms with Gasteiger partial charge in [0, 0.05) is 11.1 Å². The summed E-state index contributed by atoms with van der Waals surface area (Å²) in [5.41, 5.74) is 9.11. The molecule has 6 rings (SSSR count). The van der Waals surface area contributed by atoms with Crippen molar-refractivity contribution >= 4 is 44.3 Å². The van der Waals surface area contributed by atoms with Gasteiger partial charge in [-0.05, 0) is 58.7 Å². The first kappa shape index (κ1) is 18.2. The predicted octanol–water partition coefficient (Wildman–Crippen LogP) is 7.95. The number of aryl methyl sites for hydroxylation is 2. The Kier molecular flexibility index (Phi) is 4.12. The Hall–Kier alpha value is -3.56. The van der Waals surface area contributed by atoms with Crippen molar-refractivity contribution < 1.29 is 0 Å². The van der Waals surface area contributed by atoms with Gasteiger partial charge in [0.1, 0.15) is 11.0 Å². The Bertz CT molecular complexity index is 1490. The van der Waals surface area contributed by atoms with Crippen LogP contribution in [0.2, 0.25) is 0 Å². The largest absolute Gasteiger partial charge is 0.172 e. The van der Waals surface area contributed by atoms with Crippen molar-refractivity contribution in [3.63, 3.8) is 0 Å². The van der Waals surface area contributed by atoms with Crippen LogP contribution in [0.3, 0.4) is 0 Å². The molecule has 0 atom stereocenters. The molecule has 6 aromatic rings. The van der Waals surface area contributed by atoms with Gasteiger partial charge >= 0.3 is 0 Å². The molecule has 1 aromatic heterocycles. The molecule has 0 aliphatic heterocycles. The first-order valence-electron chi connectivity index (χ1n) is 10.4.